The van der Waals surface area contributed by atoms with Gasteiger partial charge in [-0.25, -0.2) is 0 Å². The van der Waals surface area contributed by atoms with Gasteiger partial charge in [-0.1, -0.05) is 27.7 Å². The molecule has 1 heterocycles. The van der Waals surface area contributed by atoms with Crippen molar-refractivity contribution in [1.82, 2.24) is 9.97 Å². The van der Waals surface area contributed by atoms with Crippen molar-refractivity contribution in [2.24, 2.45) is 5.92 Å². The Balaban J connectivity index is 2.78. The molecular formula is C13H25N5. The summed E-state index contributed by atoms with van der Waals surface area (Å²) in [6, 6.07) is 2.31. The third kappa shape index (κ3) is 4.39. The van der Waals surface area contributed by atoms with Crippen molar-refractivity contribution in [3.8, 4) is 0 Å². The normalized spacial score (nSPS) is 12.5. The topological polar surface area (TPSA) is 75.9 Å². The summed E-state index contributed by atoms with van der Waals surface area (Å²) >= 11 is 0. The number of aromatic nitrogens is 2. The van der Waals surface area contributed by atoms with Crippen LogP contribution in [0, 0.1) is 5.92 Å². The van der Waals surface area contributed by atoms with Crippen LogP contribution in [0.5, 0.6) is 0 Å². The molecule has 1 rings (SSSR count). The zero-order valence-corrected chi connectivity index (χ0v) is 11.8. The number of nitrogens with zero attached hydrogens (tertiary/aromatic N) is 2. The van der Waals surface area contributed by atoms with Crippen molar-refractivity contribution in [1.29, 1.82) is 0 Å². The first-order valence-corrected chi connectivity index (χ1v) is 6.71. The number of anilines is 3. The van der Waals surface area contributed by atoms with Crippen molar-refractivity contribution in [3.63, 3.8) is 0 Å². The molecule has 18 heavy (non-hydrogen) atoms. The Morgan fingerprint density at radius 2 is 1.89 bits per heavy atom. The highest BCUT2D eigenvalue weighted by molar-refractivity contribution is 5.51. The van der Waals surface area contributed by atoms with Gasteiger partial charge in [0, 0.05) is 18.7 Å². The van der Waals surface area contributed by atoms with Crippen molar-refractivity contribution >= 4 is 17.6 Å². The number of hydrogen-bond acceptors (Lipinski definition) is 5. The Kier molecular flexibility index (Phi) is 5.68. The van der Waals surface area contributed by atoms with Crippen LogP contribution < -0.4 is 16.4 Å². The van der Waals surface area contributed by atoms with Crippen LogP contribution in [0.3, 0.4) is 0 Å². The molecule has 0 fully saturated rings. The fourth-order valence-electron chi connectivity index (χ4n) is 1.81. The molecule has 0 aliphatic carbocycles. The average molecular weight is 251 g/mol. The number of rotatable bonds is 7. The zero-order chi connectivity index (χ0) is 13.5. The Bertz CT molecular complexity index is 364. The SMILES string of the molecule is CCCNc1cc(NC(CC)C(C)C)nc(N)n1. The molecule has 0 saturated carbocycles. The molecule has 0 radical (unpaired) electrons. The van der Waals surface area contributed by atoms with Gasteiger partial charge in [0.2, 0.25) is 5.95 Å². The smallest absolute Gasteiger partial charge is 0.223 e. The molecule has 1 aromatic rings. The van der Waals surface area contributed by atoms with Gasteiger partial charge in [-0.05, 0) is 18.8 Å². The molecule has 1 atom stereocenters. The van der Waals surface area contributed by atoms with E-state index in [0.29, 0.717) is 17.9 Å². The highest BCUT2D eigenvalue weighted by Gasteiger charge is 2.12. The van der Waals surface area contributed by atoms with Gasteiger partial charge in [0.25, 0.3) is 0 Å². The minimum absolute atomic E-state index is 0.303. The van der Waals surface area contributed by atoms with Crippen LogP contribution in [0.2, 0.25) is 0 Å². The van der Waals surface area contributed by atoms with Crippen LogP contribution in [0.4, 0.5) is 17.6 Å². The molecule has 0 bridgehead atoms. The lowest BCUT2D eigenvalue weighted by Gasteiger charge is -2.21. The van der Waals surface area contributed by atoms with Crippen molar-refractivity contribution in [2.75, 3.05) is 22.9 Å². The Labute approximate surface area is 110 Å². The van der Waals surface area contributed by atoms with Crippen LogP contribution in [-0.4, -0.2) is 22.6 Å². The molecule has 5 heteroatoms. The maximum atomic E-state index is 5.72. The van der Waals surface area contributed by atoms with E-state index in [1.54, 1.807) is 0 Å². The second kappa shape index (κ2) is 7.03. The summed E-state index contributed by atoms with van der Waals surface area (Å²) in [5.41, 5.74) is 5.72. The summed E-state index contributed by atoms with van der Waals surface area (Å²) in [5, 5.41) is 6.64. The lowest BCUT2D eigenvalue weighted by Crippen LogP contribution is -2.25. The maximum absolute atomic E-state index is 5.72. The van der Waals surface area contributed by atoms with Gasteiger partial charge in [-0.15, -0.1) is 0 Å². The summed E-state index contributed by atoms with van der Waals surface area (Å²) in [5.74, 6) is 2.43. The van der Waals surface area contributed by atoms with Gasteiger partial charge in [-0.2, -0.15) is 9.97 Å². The minimum Gasteiger partial charge on any atom is -0.370 e. The standard InChI is InChI=1S/C13H25N5/c1-5-7-15-11-8-12(18-13(14)17-11)16-10(6-2)9(3)4/h8-10H,5-7H2,1-4H3,(H4,14,15,16,17,18). The van der Waals surface area contributed by atoms with Gasteiger partial charge in [0.1, 0.15) is 11.6 Å². The fourth-order valence-corrected chi connectivity index (χ4v) is 1.81. The number of nitrogen functional groups attached to an aromatic ring is 1. The first-order valence-electron chi connectivity index (χ1n) is 6.71. The monoisotopic (exact) mass is 251 g/mol. The summed E-state index contributed by atoms with van der Waals surface area (Å²) in [4.78, 5) is 8.39. The van der Waals surface area contributed by atoms with E-state index >= 15 is 0 Å². The molecular weight excluding hydrogens is 226 g/mol. The Hall–Kier alpha value is -1.52. The molecule has 1 aromatic heterocycles. The largest absolute Gasteiger partial charge is 0.370 e. The van der Waals surface area contributed by atoms with E-state index in [-0.39, 0.29) is 0 Å². The number of hydrogen-bond donors (Lipinski definition) is 3. The van der Waals surface area contributed by atoms with Gasteiger partial charge in [-0.3, -0.25) is 0 Å². The second-order valence-electron chi connectivity index (χ2n) is 4.83. The van der Waals surface area contributed by atoms with Gasteiger partial charge in [0.15, 0.2) is 0 Å². The maximum Gasteiger partial charge on any atom is 0.223 e. The first-order chi connectivity index (χ1) is 8.56. The van der Waals surface area contributed by atoms with Crippen LogP contribution in [0.25, 0.3) is 0 Å². The predicted molar refractivity (Wildman–Crippen MR) is 77.8 cm³/mol. The third-order valence-corrected chi connectivity index (χ3v) is 2.88. The van der Waals surface area contributed by atoms with E-state index in [4.69, 9.17) is 5.73 Å². The van der Waals surface area contributed by atoms with Crippen molar-refractivity contribution in [3.05, 3.63) is 6.07 Å². The van der Waals surface area contributed by atoms with Crippen molar-refractivity contribution < 1.29 is 0 Å². The van der Waals surface area contributed by atoms with Crippen LogP contribution in [-0.2, 0) is 0 Å². The van der Waals surface area contributed by atoms with Gasteiger partial charge >= 0.3 is 0 Å². The summed E-state index contributed by atoms with van der Waals surface area (Å²) in [6.07, 6.45) is 2.11. The minimum atomic E-state index is 0.303. The fraction of sp³-hybridized carbons (Fsp3) is 0.692. The number of nitrogens with two attached hydrogens (primary N) is 1. The van der Waals surface area contributed by atoms with Crippen LogP contribution in [0.15, 0.2) is 6.07 Å². The quantitative estimate of drug-likeness (QED) is 0.694. The molecule has 0 aliphatic rings. The molecule has 102 valence electrons. The lowest BCUT2D eigenvalue weighted by molar-refractivity contribution is 0.510. The first kappa shape index (κ1) is 14.5. The average Bonchev–Trinajstić information content (AvgIpc) is 2.32. The number of nitrogens with one attached hydrogen (secondary N) is 2. The van der Waals surface area contributed by atoms with E-state index in [2.05, 4.69) is 48.3 Å². The summed E-state index contributed by atoms with van der Waals surface area (Å²) in [6.45, 7) is 9.56. The summed E-state index contributed by atoms with van der Waals surface area (Å²) < 4.78 is 0. The summed E-state index contributed by atoms with van der Waals surface area (Å²) in [7, 11) is 0. The molecule has 1 unspecified atom stereocenters. The zero-order valence-electron chi connectivity index (χ0n) is 11.8. The highest BCUT2D eigenvalue weighted by atomic mass is 15.1. The lowest BCUT2D eigenvalue weighted by atomic mass is 10.0. The predicted octanol–water partition coefficient (Wildman–Crippen LogP) is 2.73. The molecule has 0 saturated heterocycles. The molecule has 0 spiro atoms. The van der Waals surface area contributed by atoms with E-state index < -0.39 is 0 Å². The van der Waals surface area contributed by atoms with Gasteiger partial charge < -0.3 is 16.4 Å². The van der Waals surface area contributed by atoms with Crippen LogP contribution >= 0.6 is 0 Å². The molecule has 5 nitrogen and oxygen atoms in total. The second-order valence-corrected chi connectivity index (χ2v) is 4.83. The van der Waals surface area contributed by atoms with E-state index in [1.807, 2.05) is 6.07 Å². The van der Waals surface area contributed by atoms with Gasteiger partial charge in [0.05, 0.1) is 0 Å². The Morgan fingerprint density at radius 1 is 1.22 bits per heavy atom. The molecule has 0 amide bonds. The Morgan fingerprint density at radius 3 is 2.44 bits per heavy atom. The van der Waals surface area contributed by atoms with E-state index in [9.17, 15) is 0 Å². The third-order valence-electron chi connectivity index (χ3n) is 2.88. The highest BCUT2D eigenvalue weighted by Crippen LogP contribution is 2.17. The van der Waals surface area contributed by atoms with Crippen LogP contribution in [0.1, 0.15) is 40.5 Å². The van der Waals surface area contributed by atoms with E-state index in [0.717, 1.165) is 31.0 Å². The molecule has 4 N–H and O–H groups in total. The molecule has 0 aromatic carbocycles. The van der Waals surface area contributed by atoms with Crippen molar-refractivity contribution in [2.45, 2.75) is 46.6 Å². The van der Waals surface area contributed by atoms with E-state index in [1.165, 1.54) is 0 Å². The molecule has 0 aliphatic heterocycles.